The fourth-order valence-corrected chi connectivity index (χ4v) is 2.54. The number of aromatic nitrogens is 1. The molecule has 3 N–H and O–H groups in total. The summed E-state index contributed by atoms with van der Waals surface area (Å²) in [5, 5.41) is 3.59. The monoisotopic (exact) mass is 279 g/mol. The van der Waals surface area contributed by atoms with Crippen molar-refractivity contribution in [3.63, 3.8) is 0 Å². The molecule has 0 radical (unpaired) electrons. The zero-order valence-corrected chi connectivity index (χ0v) is 13.4. The first-order valence-corrected chi connectivity index (χ1v) is 7.58. The molecular formula is C16H29N3O. The summed E-state index contributed by atoms with van der Waals surface area (Å²) in [6.45, 7) is 12.3. The highest BCUT2D eigenvalue weighted by atomic mass is 16.5. The Morgan fingerprint density at radius 3 is 2.55 bits per heavy atom. The summed E-state index contributed by atoms with van der Waals surface area (Å²) in [5.74, 6) is 1.01. The molecule has 1 aromatic rings. The molecule has 0 aliphatic rings. The fraction of sp³-hybridized carbons (Fsp3) is 0.688. The number of nitrogens with one attached hydrogen (secondary N) is 1. The van der Waals surface area contributed by atoms with Crippen LogP contribution in [0.15, 0.2) is 12.3 Å². The molecule has 1 rings (SSSR count). The Labute approximate surface area is 123 Å². The smallest absolute Gasteiger partial charge is 0.128 e. The van der Waals surface area contributed by atoms with Gasteiger partial charge >= 0.3 is 0 Å². The Kier molecular flexibility index (Phi) is 6.96. The van der Waals surface area contributed by atoms with Gasteiger partial charge in [-0.2, -0.15) is 0 Å². The standard InChI is InChI=1S/C16H29N3O/c1-6-9-18-14(15(11(3)4)20-7-2)13-12(5)8-10-19-16(13)17/h8,10-11,14-15,18H,6-7,9H2,1-5H3,(H2,17,19). The summed E-state index contributed by atoms with van der Waals surface area (Å²) in [4.78, 5) is 4.25. The lowest BCUT2D eigenvalue weighted by atomic mass is 9.91. The van der Waals surface area contributed by atoms with Gasteiger partial charge in [-0.1, -0.05) is 20.8 Å². The molecule has 0 aromatic carbocycles. The van der Waals surface area contributed by atoms with Gasteiger partial charge in [0.2, 0.25) is 0 Å². The number of aryl methyl sites for hydroxylation is 1. The molecule has 0 fully saturated rings. The largest absolute Gasteiger partial charge is 0.383 e. The van der Waals surface area contributed by atoms with Crippen LogP contribution in [0, 0.1) is 12.8 Å². The third-order valence-corrected chi connectivity index (χ3v) is 3.51. The summed E-state index contributed by atoms with van der Waals surface area (Å²) in [7, 11) is 0. The average molecular weight is 279 g/mol. The molecule has 4 heteroatoms. The summed E-state index contributed by atoms with van der Waals surface area (Å²) < 4.78 is 5.98. The molecule has 1 heterocycles. The first-order chi connectivity index (χ1) is 9.52. The fourth-order valence-electron chi connectivity index (χ4n) is 2.54. The number of hydrogen-bond donors (Lipinski definition) is 2. The molecule has 0 aliphatic heterocycles. The van der Waals surface area contributed by atoms with Crippen LogP contribution in [0.25, 0.3) is 0 Å². The summed E-state index contributed by atoms with van der Waals surface area (Å²) >= 11 is 0. The van der Waals surface area contributed by atoms with Gasteiger partial charge in [-0.15, -0.1) is 0 Å². The Morgan fingerprint density at radius 2 is 2.05 bits per heavy atom. The molecule has 1 aromatic heterocycles. The highest BCUT2D eigenvalue weighted by Crippen LogP contribution is 2.30. The van der Waals surface area contributed by atoms with Crippen LogP contribution in [0.5, 0.6) is 0 Å². The van der Waals surface area contributed by atoms with Crippen molar-refractivity contribution in [2.75, 3.05) is 18.9 Å². The van der Waals surface area contributed by atoms with E-state index >= 15 is 0 Å². The van der Waals surface area contributed by atoms with E-state index in [9.17, 15) is 0 Å². The Morgan fingerprint density at radius 1 is 1.35 bits per heavy atom. The minimum atomic E-state index is 0.0867. The van der Waals surface area contributed by atoms with Crippen LogP contribution < -0.4 is 11.1 Å². The number of ether oxygens (including phenoxy) is 1. The zero-order valence-electron chi connectivity index (χ0n) is 13.4. The van der Waals surface area contributed by atoms with Gasteiger partial charge in [0.05, 0.1) is 12.1 Å². The maximum atomic E-state index is 6.12. The predicted molar refractivity (Wildman–Crippen MR) is 84.7 cm³/mol. The minimum Gasteiger partial charge on any atom is -0.383 e. The van der Waals surface area contributed by atoms with Crippen molar-refractivity contribution in [1.29, 1.82) is 0 Å². The molecule has 0 aliphatic carbocycles. The third-order valence-electron chi connectivity index (χ3n) is 3.51. The van der Waals surface area contributed by atoms with Gasteiger partial charge in [0.1, 0.15) is 5.82 Å². The van der Waals surface area contributed by atoms with E-state index in [1.54, 1.807) is 6.20 Å². The van der Waals surface area contributed by atoms with Gasteiger partial charge in [-0.25, -0.2) is 4.98 Å². The zero-order chi connectivity index (χ0) is 15.1. The highest BCUT2D eigenvalue weighted by Gasteiger charge is 2.29. The number of pyridine rings is 1. The van der Waals surface area contributed by atoms with Gasteiger partial charge in [0.25, 0.3) is 0 Å². The van der Waals surface area contributed by atoms with Gasteiger partial charge in [-0.3, -0.25) is 0 Å². The van der Waals surface area contributed by atoms with Crippen molar-refractivity contribution in [3.8, 4) is 0 Å². The molecule has 2 unspecified atom stereocenters. The summed E-state index contributed by atoms with van der Waals surface area (Å²) in [6.07, 6.45) is 2.93. The normalized spacial score (nSPS) is 14.5. The molecule has 0 amide bonds. The lowest BCUT2D eigenvalue weighted by Crippen LogP contribution is -2.38. The lowest BCUT2D eigenvalue weighted by Gasteiger charge is -2.32. The van der Waals surface area contributed by atoms with Gasteiger partial charge in [0.15, 0.2) is 0 Å². The molecule has 20 heavy (non-hydrogen) atoms. The number of nitrogens with zero attached hydrogens (tertiary/aromatic N) is 1. The predicted octanol–water partition coefficient (Wildman–Crippen LogP) is 3.07. The van der Waals surface area contributed by atoms with E-state index in [4.69, 9.17) is 10.5 Å². The molecule has 4 nitrogen and oxygen atoms in total. The molecule has 114 valence electrons. The van der Waals surface area contributed by atoms with Crippen molar-refractivity contribution in [2.24, 2.45) is 5.92 Å². The molecule has 0 saturated carbocycles. The summed E-state index contributed by atoms with van der Waals surface area (Å²) in [5.41, 5.74) is 8.36. The number of nitrogens with two attached hydrogens (primary N) is 1. The van der Waals surface area contributed by atoms with E-state index < -0.39 is 0 Å². The van der Waals surface area contributed by atoms with Crippen LogP contribution in [0.2, 0.25) is 0 Å². The first-order valence-electron chi connectivity index (χ1n) is 7.58. The van der Waals surface area contributed by atoms with E-state index in [0.717, 1.165) is 24.1 Å². The van der Waals surface area contributed by atoms with Crippen molar-refractivity contribution in [3.05, 3.63) is 23.4 Å². The van der Waals surface area contributed by atoms with E-state index in [1.807, 2.05) is 13.0 Å². The van der Waals surface area contributed by atoms with E-state index in [0.29, 0.717) is 18.3 Å². The maximum Gasteiger partial charge on any atom is 0.128 e. The van der Waals surface area contributed by atoms with Gasteiger partial charge < -0.3 is 15.8 Å². The minimum absolute atomic E-state index is 0.0867. The molecule has 0 bridgehead atoms. The molecule has 0 spiro atoms. The van der Waals surface area contributed by atoms with Crippen LogP contribution in [-0.2, 0) is 4.74 Å². The van der Waals surface area contributed by atoms with Crippen molar-refractivity contribution in [2.45, 2.75) is 53.2 Å². The van der Waals surface area contributed by atoms with E-state index in [1.165, 1.54) is 0 Å². The second-order valence-corrected chi connectivity index (χ2v) is 5.52. The molecule has 0 saturated heterocycles. The quantitative estimate of drug-likeness (QED) is 0.767. The van der Waals surface area contributed by atoms with Crippen LogP contribution in [0.4, 0.5) is 5.82 Å². The van der Waals surface area contributed by atoms with E-state index in [2.05, 4.69) is 38.0 Å². The van der Waals surface area contributed by atoms with E-state index in [-0.39, 0.29) is 12.1 Å². The maximum absolute atomic E-state index is 6.12. The van der Waals surface area contributed by atoms with Gasteiger partial charge in [0, 0.05) is 18.4 Å². The number of hydrogen-bond acceptors (Lipinski definition) is 4. The summed E-state index contributed by atoms with van der Waals surface area (Å²) in [6, 6.07) is 2.10. The SMILES string of the molecule is CCCNC(c1c(C)ccnc1N)C(OCC)C(C)C. The van der Waals surface area contributed by atoms with Crippen LogP contribution >= 0.6 is 0 Å². The highest BCUT2D eigenvalue weighted by molar-refractivity contribution is 5.46. The molecular weight excluding hydrogens is 250 g/mol. The average Bonchev–Trinajstić information content (AvgIpc) is 2.39. The Balaban J connectivity index is 3.15. The van der Waals surface area contributed by atoms with Gasteiger partial charge in [-0.05, 0) is 44.4 Å². The topological polar surface area (TPSA) is 60.2 Å². The second kappa shape index (κ2) is 8.22. The van der Waals surface area contributed by atoms with Crippen molar-refractivity contribution < 1.29 is 4.74 Å². The van der Waals surface area contributed by atoms with Crippen molar-refractivity contribution in [1.82, 2.24) is 10.3 Å². The first kappa shape index (κ1) is 16.9. The number of nitrogen functional groups attached to an aromatic ring is 1. The van der Waals surface area contributed by atoms with Crippen LogP contribution in [0.3, 0.4) is 0 Å². The van der Waals surface area contributed by atoms with Crippen molar-refractivity contribution >= 4 is 5.82 Å². The number of anilines is 1. The third kappa shape index (κ3) is 4.18. The Hall–Kier alpha value is -1.13. The Bertz CT molecular complexity index is 386. The second-order valence-electron chi connectivity index (χ2n) is 5.52. The van der Waals surface area contributed by atoms with Crippen LogP contribution in [-0.4, -0.2) is 24.2 Å². The number of rotatable bonds is 8. The lowest BCUT2D eigenvalue weighted by molar-refractivity contribution is 0.00280. The van der Waals surface area contributed by atoms with Crippen LogP contribution in [0.1, 0.15) is 51.3 Å². The molecule has 2 atom stereocenters.